The Balaban J connectivity index is 1.04. The van der Waals surface area contributed by atoms with Crippen LogP contribution in [0.3, 0.4) is 0 Å². The molecule has 2 aromatic carbocycles. The van der Waals surface area contributed by atoms with Crippen LogP contribution in [0.4, 0.5) is 0 Å². The second kappa shape index (κ2) is 26.1. The van der Waals surface area contributed by atoms with Crippen LogP contribution in [-0.2, 0) is 41.7 Å². The van der Waals surface area contributed by atoms with Gasteiger partial charge in [0.15, 0.2) is 5.16 Å². The molecule has 2 saturated heterocycles. The van der Waals surface area contributed by atoms with E-state index in [0.29, 0.717) is 31.3 Å². The van der Waals surface area contributed by atoms with Crippen molar-refractivity contribution < 1.29 is 28.7 Å². The molecule has 0 aliphatic carbocycles. The molecule has 4 amide bonds. The third kappa shape index (κ3) is 14.4. The van der Waals surface area contributed by atoms with Gasteiger partial charge < -0.3 is 40.5 Å². The summed E-state index contributed by atoms with van der Waals surface area (Å²) in [5.41, 5.74) is 0. The predicted molar refractivity (Wildman–Crippen MR) is 256 cm³/mol. The van der Waals surface area contributed by atoms with Crippen molar-refractivity contribution in [2.75, 3.05) is 40.4 Å². The van der Waals surface area contributed by atoms with Crippen LogP contribution in [0.5, 0.6) is 0 Å². The fourth-order valence-corrected chi connectivity index (χ4v) is 9.32. The highest BCUT2D eigenvalue weighted by molar-refractivity contribution is 7.99. The van der Waals surface area contributed by atoms with Gasteiger partial charge in [0.1, 0.15) is 31.6 Å². The minimum atomic E-state index is -0.990. The van der Waals surface area contributed by atoms with Crippen LogP contribution in [0.25, 0.3) is 0 Å². The van der Waals surface area contributed by atoms with E-state index in [1.807, 2.05) is 65.3 Å². The summed E-state index contributed by atoms with van der Waals surface area (Å²) in [6, 6.07) is 16.3. The molecule has 68 heavy (non-hydrogen) atoms. The number of amides is 4. The summed E-state index contributed by atoms with van der Waals surface area (Å²) >= 11 is 2.95. The van der Waals surface area contributed by atoms with Crippen LogP contribution in [0, 0.1) is 23.7 Å². The minimum Gasteiger partial charge on any atom is -0.363 e. The number of nitrogens with one attached hydrogen (secondary N) is 4. The van der Waals surface area contributed by atoms with Crippen LogP contribution in [0.2, 0.25) is 0 Å². The third-order valence-corrected chi connectivity index (χ3v) is 13.9. The number of ether oxygens (including phenoxy) is 2. The zero-order chi connectivity index (χ0) is 48.4. The van der Waals surface area contributed by atoms with E-state index in [1.54, 1.807) is 56.3 Å². The standard InChI is InChI=1S/C47H61N13O6S2/c1-32(48-5)42(61)52-40(44(63)57-25-17-19-36(57)29-59-46(50-31-51-59)67-38-21-11-9-12-22-38)34(3)65-27-15-7-8-16-28-66-35(4)41(53-43(62)33(2)49-6)45(64)58-26-18-20-37(58)30-60-47(54-55-56-60)68-39-23-13-10-14-24-39/h9-14,21-24,31-37,40-41,48-49H,17-20,25-30H2,1-6H3,(H,52,61)(H,53,62)/t32-,33-,34?,35+,36-,37?,40-,41-/m0/s1. The minimum absolute atomic E-state index is 0.0584. The largest absolute Gasteiger partial charge is 0.363 e. The molecule has 0 saturated carbocycles. The monoisotopic (exact) mass is 967 g/mol. The second-order valence-corrected chi connectivity index (χ2v) is 18.6. The molecule has 2 aliphatic rings. The maximum atomic E-state index is 14.3. The van der Waals surface area contributed by atoms with Crippen LogP contribution in [-0.4, -0.2) is 157 Å². The first-order valence-electron chi connectivity index (χ1n) is 22.8. The van der Waals surface area contributed by atoms with Crippen LogP contribution in [0.15, 0.2) is 87.1 Å². The van der Waals surface area contributed by atoms with Gasteiger partial charge in [-0.25, -0.2) is 14.3 Å². The number of aromatic nitrogens is 7. The van der Waals surface area contributed by atoms with Crippen molar-refractivity contribution >= 4 is 47.2 Å². The van der Waals surface area contributed by atoms with Gasteiger partial charge in [-0.05, 0) is 126 Å². The molecule has 8 atom stereocenters. The lowest BCUT2D eigenvalue weighted by Crippen LogP contribution is -2.58. The van der Waals surface area contributed by atoms with Crippen molar-refractivity contribution in [3.05, 3.63) is 67.0 Å². The number of hydrogen-bond acceptors (Lipinski definition) is 15. The van der Waals surface area contributed by atoms with E-state index in [-0.39, 0.29) is 48.9 Å². The van der Waals surface area contributed by atoms with Gasteiger partial charge in [0.2, 0.25) is 28.8 Å². The van der Waals surface area contributed by atoms with Gasteiger partial charge in [0.05, 0.1) is 49.5 Å². The topological polar surface area (TPSA) is 216 Å². The summed E-state index contributed by atoms with van der Waals surface area (Å²) in [5.74, 6) is 10.1. The number of carbonyl (C=O) groups excluding carboxylic acids is 4. The van der Waals surface area contributed by atoms with E-state index in [2.05, 4.69) is 70.6 Å². The van der Waals surface area contributed by atoms with Gasteiger partial charge in [0.25, 0.3) is 0 Å². The van der Waals surface area contributed by atoms with Crippen molar-refractivity contribution in [2.24, 2.45) is 0 Å². The number of carbonyl (C=O) groups is 4. The summed E-state index contributed by atoms with van der Waals surface area (Å²) in [7, 11) is 3.35. The lowest BCUT2D eigenvalue weighted by Gasteiger charge is -2.32. The average molecular weight is 968 g/mol. The number of tetrazole rings is 1. The summed E-state index contributed by atoms with van der Waals surface area (Å²) in [6.07, 6.45) is 3.16. The summed E-state index contributed by atoms with van der Waals surface area (Å²) in [5, 5.41) is 29.8. The Kier molecular flexibility index (Phi) is 19.8. The summed E-state index contributed by atoms with van der Waals surface area (Å²) in [4.78, 5) is 64.8. The Morgan fingerprint density at radius 2 is 1.16 bits per heavy atom. The number of rotatable bonds is 22. The highest BCUT2D eigenvalue weighted by Gasteiger charge is 2.39. The van der Waals surface area contributed by atoms with Gasteiger partial charge in [-0.1, -0.05) is 60.0 Å². The van der Waals surface area contributed by atoms with E-state index in [1.165, 1.54) is 29.9 Å². The molecular weight excluding hydrogens is 907 g/mol. The number of likely N-dealkylation sites (N-methyl/N-ethyl adjacent to an activating group) is 2. The molecule has 4 heterocycles. The molecule has 0 radical (unpaired) electrons. The molecule has 2 aromatic heterocycles. The van der Waals surface area contributed by atoms with Crippen LogP contribution in [0.1, 0.15) is 53.4 Å². The maximum absolute atomic E-state index is 14.3. The Hall–Kier alpha value is -5.81. The Morgan fingerprint density at radius 1 is 0.691 bits per heavy atom. The summed E-state index contributed by atoms with van der Waals surface area (Å²) in [6.45, 7) is 8.66. The molecule has 362 valence electrons. The molecule has 2 aliphatic heterocycles. The normalized spacial score (nSPS) is 18.3. The van der Waals surface area contributed by atoms with Gasteiger partial charge in [-0.3, -0.25) is 19.2 Å². The lowest BCUT2D eigenvalue weighted by atomic mass is 10.1. The van der Waals surface area contributed by atoms with Crippen molar-refractivity contribution in [2.45, 2.75) is 135 Å². The lowest BCUT2D eigenvalue weighted by molar-refractivity contribution is -0.142. The fraction of sp³-hybridized carbons (Fsp3) is 0.511. The molecule has 2 unspecified atom stereocenters. The van der Waals surface area contributed by atoms with Gasteiger partial charge >= 0.3 is 0 Å². The van der Waals surface area contributed by atoms with Crippen molar-refractivity contribution in [3.8, 4) is 23.7 Å². The Morgan fingerprint density at radius 3 is 1.65 bits per heavy atom. The van der Waals surface area contributed by atoms with E-state index < -0.39 is 36.4 Å². The highest BCUT2D eigenvalue weighted by atomic mass is 32.2. The van der Waals surface area contributed by atoms with Crippen molar-refractivity contribution in [1.29, 1.82) is 0 Å². The van der Waals surface area contributed by atoms with E-state index in [9.17, 15) is 19.2 Å². The second-order valence-electron chi connectivity index (χ2n) is 16.5. The molecule has 4 aromatic rings. The van der Waals surface area contributed by atoms with Crippen molar-refractivity contribution in [1.82, 2.24) is 66.0 Å². The van der Waals surface area contributed by atoms with Gasteiger partial charge in [0, 0.05) is 22.9 Å². The summed E-state index contributed by atoms with van der Waals surface area (Å²) < 4.78 is 15.6. The first kappa shape index (κ1) is 51.6. The Labute approximate surface area is 406 Å². The highest BCUT2D eigenvalue weighted by Crippen LogP contribution is 2.29. The number of benzene rings is 2. The van der Waals surface area contributed by atoms with Crippen LogP contribution < -0.4 is 21.3 Å². The maximum Gasteiger partial charge on any atom is 0.248 e. The molecule has 2 fully saturated rings. The number of likely N-dealkylation sites (tertiary alicyclic amines) is 2. The third-order valence-electron chi connectivity index (χ3n) is 11.9. The number of nitrogens with zero attached hydrogens (tertiary/aromatic N) is 9. The molecule has 4 N–H and O–H groups in total. The van der Waals surface area contributed by atoms with E-state index in [4.69, 9.17) is 9.47 Å². The van der Waals surface area contributed by atoms with Gasteiger partial charge in [-0.2, -0.15) is 5.10 Å². The molecule has 19 nitrogen and oxygen atoms in total. The van der Waals surface area contributed by atoms with Gasteiger partial charge in [-0.15, -0.1) is 5.10 Å². The van der Waals surface area contributed by atoms with E-state index >= 15 is 0 Å². The first-order valence-corrected chi connectivity index (χ1v) is 24.5. The molecule has 6 rings (SSSR count). The molecule has 0 spiro atoms. The van der Waals surface area contributed by atoms with Crippen molar-refractivity contribution in [3.63, 3.8) is 0 Å². The quantitative estimate of drug-likeness (QED) is 0.0832. The zero-order valence-electron chi connectivity index (χ0n) is 39.3. The average Bonchev–Trinajstić information content (AvgIpc) is 4.20. The SMILES string of the molecule is CN[C@@H](C)C(=O)N[C@H](C(=O)N1CCC[C@H]1Cn1ncnc1Sc1ccccc1)C(C)OCC#CC#CCO[C@H](C)[C@H](NC(=O)[C@H](C)NC)C(=O)N1CCCC1Cn1nnnc1Sc1ccccc1. The molecule has 0 bridgehead atoms. The zero-order valence-corrected chi connectivity index (χ0v) is 41.0. The van der Waals surface area contributed by atoms with Crippen LogP contribution >= 0.6 is 23.5 Å². The molecule has 21 heteroatoms. The van der Waals surface area contributed by atoms with E-state index in [0.717, 1.165) is 40.6 Å². The number of hydrogen-bond donors (Lipinski definition) is 4. The molecular formula is C47H61N13O6S2. The smallest absolute Gasteiger partial charge is 0.248 e. The first-order chi connectivity index (χ1) is 33.0. The fourth-order valence-electron chi connectivity index (χ4n) is 7.70. The Bertz CT molecular complexity index is 2240. The predicted octanol–water partition coefficient (Wildman–Crippen LogP) is 2.25.